The highest BCUT2D eigenvalue weighted by molar-refractivity contribution is 5.84. The maximum atomic E-state index is 12.1. The Bertz CT molecular complexity index is 451. The third kappa shape index (κ3) is 11.5. The summed E-state index contributed by atoms with van der Waals surface area (Å²) in [5.41, 5.74) is -0.591. The normalized spacial score (nSPS) is 12.0. The molecule has 0 saturated heterocycles. The highest BCUT2D eigenvalue weighted by Gasteiger charge is 2.24. The number of ether oxygens (including phenoxy) is 2. The molecule has 1 atom stereocenters. The molecular formula is C18H29NO5. The van der Waals surface area contributed by atoms with Gasteiger partial charge in [0.15, 0.2) is 0 Å². The van der Waals surface area contributed by atoms with Gasteiger partial charge < -0.3 is 14.8 Å². The number of esters is 2. The van der Waals surface area contributed by atoms with E-state index in [0.717, 1.165) is 0 Å². The van der Waals surface area contributed by atoms with Crippen LogP contribution in [0.2, 0.25) is 0 Å². The fraction of sp³-hybridized carbons (Fsp3) is 0.611. The van der Waals surface area contributed by atoms with Crippen LogP contribution in [-0.4, -0.2) is 36.6 Å². The largest absolute Gasteiger partial charge is 0.464 e. The Balaban J connectivity index is 4.24. The number of rotatable bonds is 11. The molecule has 6 nitrogen and oxygen atoms in total. The molecule has 136 valence electrons. The van der Waals surface area contributed by atoms with Gasteiger partial charge in [-0.25, -0.2) is 0 Å². The number of hydrogen-bond acceptors (Lipinski definition) is 5. The zero-order valence-corrected chi connectivity index (χ0v) is 14.9. The Morgan fingerprint density at radius 3 is 2.33 bits per heavy atom. The van der Waals surface area contributed by atoms with Crippen LogP contribution in [0, 0.1) is 5.92 Å². The van der Waals surface area contributed by atoms with Gasteiger partial charge in [0.25, 0.3) is 0 Å². The lowest BCUT2D eigenvalue weighted by Gasteiger charge is -2.21. The van der Waals surface area contributed by atoms with E-state index in [9.17, 15) is 14.4 Å². The average molecular weight is 339 g/mol. The van der Waals surface area contributed by atoms with Gasteiger partial charge in [0, 0.05) is 6.42 Å². The minimum Gasteiger partial charge on any atom is -0.464 e. The van der Waals surface area contributed by atoms with Crippen LogP contribution in [0.4, 0.5) is 0 Å². The van der Waals surface area contributed by atoms with E-state index in [2.05, 4.69) is 18.5 Å². The Hall–Kier alpha value is -2.11. The van der Waals surface area contributed by atoms with Crippen molar-refractivity contribution in [3.63, 3.8) is 0 Å². The predicted octanol–water partition coefficient (Wildman–Crippen LogP) is 2.54. The van der Waals surface area contributed by atoms with Crippen molar-refractivity contribution in [1.29, 1.82) is 0 Å². The van der Waals surface area contributed by atoms with Crippen LogP contribution in [0.1, 0.15) is 46.5 Å². The lowest BCUT2D eigenvalue weighted by Crippen LogP contribution is -2.35. The maximum absolute atomic E-state index is 12.1. The van der Waals surface area contributed by atoms with Gasteiger partial charge in [-0.05, 0) is 33.6 Å². The topological polar surface area (TPSA) is 81.7 Å². The van der Waals surface area contributed by atoms with E-state index in [4.69, 9.17) is 9.47 Å². The molecule has 0 rings (SSSR count). The van der Waals surface area contributed by atoms with E-state index in [1.165, 1.54) is 0 Å². The monoisotopic (exact) mass is 339 g/mol. The number of carbonyl (C=O) groups excluding carboxylic acids is 3. The molecule has 0 aliphatic heterocycles. The molecule has 0 heterocycles. The first kappa shape index (κ1) is 21.9. The Kier molecular flexibility index (Phi) is 10.4. The molecule has 0 radical (unpaired) electrons. The highest BCUT2D eigenvalue weighted by atomic mass is 16.6. The molecule has 1 unspecified atom stereocenters. The molecule has 24 heavy (non-hydrogen) atoms. The molecule has 0 aliphatic rings. The van der Waals surface area contributed by atoms with Crippen LogP contribution in [0.5, 0.6) is 0 Å². The zero-order chi connectivity index (χ0) is 18.6. The molecule has 0 spiro atoms. The summed E-state index contributed by atoms with van der Waals surface area (Å²) in [5, 5.41) is 2.66. The summed E-state index contributed by atoms with van der Waals surface area (Å²) in [6, 6.07) is 0. The second-order valence-electron chi connectivity index (χ2n) is 6.35. The van der Waals surface area contributed by atoms with E-state index in [-0.39, 0.29) is 37.9 Å². The van der Waals surface area contributed by atoms with E-state index in [1.54, 1.807) is 32.9 Å². The fourth-order valence-electron chi connectivity index (χ4n) is 1.84. The van der Waals surface area contributed by atoms with Crippen LogP contribution < -0.4 is 5.32 Å². The van der Waals surface area contributed by atoms with E-state index >= 15 is 0 Å². The second-order valence-corrected chi connectivity index (χ2v) is 6.35. The predicted molar refractivity (Wildman–Crippen MR) is 92.2 cm³/mol. The van der Waals surface area contributed by atoms with Crippen LogP contribution in [0.15, 0.2) is 25.3 Å². The quantitative estimate of drug-likeness (QED) is 0.355. The zero-order valence-electron chi connectivity index (χ0n) is 14.9. The van der Waals surface area contributed by atoms with Gasteiger partial charge in [-0.2, -0.15) is 0 Å². The van der Waals surface area contributed by atoms with Gasteiger partial charge >= 0.3 is 11.9 Å². The summed E-state index contributed by atoms with van der Waals surface area (Å²) in [4.78, 5) is 35.3. The summed E-state index contributed by atoms with van der Waals surface area (Å²) in [7, 11) is 0. The van der Waals surface area contributed by atoms with E-state index < -0.39 is 17.5 Å². The van der Waals surface area contributed by atoms with Gasteiger partial charge in [0.1, 0.15) is 12.2 Å². The molecule has 1 N–H and O–H groups in total. The number of carbonyl (C=O) groups is 3. The summed E-state index contributed by atoms with van der Waals surface area (Å²) < 4.78 is 10.2. The number of allylic oxidation sites excluding steroid dienone is 2. The van der Waals surface area contributed by atoms with Crippen LogP contribution in [0.25, 0.3) is 0 Å². The number of hydrogen-bond donors (Lipinski definition) is 1. The molecule has 0 aromatic rings. The first-order chi connectivity index (χ1) is 11.2. The van der Waals surface area contributed by atoms with Crippen molar-refractivity contribution in [2.45, 2.75) is 52.1 Å². The Morgan fingerprint density at radius 1 is 1.12 bits per heavy atom. The van der Waals surface area contributed by atoms with Crippen molar-refractivity contribution < 1.29 is 23.9 Å². The smallest absolute Gasteiger partial charge is 0.307 e. The fourth-order valence-corrected chi connectivity index (χ4v) is 1.84. The van der Waals surface area contributed by atoms with E-state index in [0.29, 0.717) is 12.8 Å². The third-order valence-corrected chi connectivity index (χ3v) is 2.87. The van der Waals surface area contributed by atoms with Crippen molar-refractivity contribution >= 4 is 17.8 Å². The molecule has 0 saturated carbocycles. The minimum atomic E-state index is -0.591. The molecule has 1 amide bonds. The lowest BCUT2D eigenvalue weighted by atomic mass is 10.0. The number of amides is 1. The van der Waals surface area contributed by atoms with Gasteiger partial charge in [-0.1, -0.05) is 12.2 Å². The summed E-state index contributed by atoms with van der Waals surface area (Å²) >= 11 is 0. The number of nitrogens with one attached hydrogen (secondary N) is 1. The Morgan fingerprint density at radius 2 is 1.79 bits per heavy atom. The highest BCUT2D eigenvalue weighted by Crippen LogP contribution is 2.15. The average Bonchev–Trinajstić information content (AvgIpc) is 2.47. The SMILES string of the molecule is C=CCCC(=O)OCCNC(=O)C(CC=C)CC(=O)OC(C)(C)C. The molecule has 6 heteroatoms. The summed E-state index contributed by atoms with van der Waals surface area (Å²) in [6.45, 7) is 12.7. The van der Waals surface area contributed by atoms with Crippen LogP contribution in [0.3, 0.4) is 0 Å². The van der Waals surface area contributed by atoms with E-state index in [1.807, 2.05) is 0 Å². The molecule has 0 aromatic heterocycles. The van der Waals surface area contributed by atoms with Crippen molar-refractivity contribution in [3.05, 3.63) is 25.3 Å². The van der Waals surface area contributed by atoms with Crippen molar-refractivity contribution in [2.75, 3.05) is 13.2 Å². The Labute approximate surface area is 144 Å². The second kappa shape index (κ2) is 11.4. The van der Waals surface area contributed by atoms with Crippen LogP contribution >= 0.6 is 0 Å². The third-order valence-electron chi connectivity index (χ3n) is 2.87. The summed E-state index contributed by atoms with van der Waals surface area (Å²) in [6.07, 6.45) is 4.40. The molecule has 0 fully saturated rings. The maximum Gasteiger partial charge on any atom is 0.307 e. The van der Waals surface area contributed by atoms with Crippen molar-refractivity contribution in [3.8, 4) is 0 Å². The standard InChI is InChI=1S/C18H29NO5/c1-6-8-10-15(20)23-12-11-19-17(22)14(9-7-2)13-16(21)24-18(3,4)5/h6-7,14H,1-2,8-13H2,3-5H3,(H,19,22). The molecule has 0 aromatic carbocycles. The van der Waals surface area contributed by atoms with Crippen molar-refractivity contribution in [1.82, 2.24) is 5.32 Å². The molecule has 0 bridgehead atoms. The summed E-state index contributed by atoms with van der Waals surface area (Å²) in [5.74, 6) is -1.60. The molecule has 0 aliphatic carbocycles. The van der Waals surface area contributed by atoms with Crippen LogP contribution in [-0.2, 0) is 23.9 Å². The van der Waals surface area contributed by atoms with Gasteiger partial charge in [0.2, 0.25) is 5.91 Å². The van der Waals surface area contributed by atoms with Crippen molar-refractivity contribution in [2.24, 2.45) is 5.92 Å². The van der Waals surface area contributed by atoms with Gasteiger partial charge in [0.05, 0.1) is 18.9 Å². The first-order valence-electron chi connectivity index (χ1n) is 8.06. The van der Waals surface area contributed by atoms with Gasteiger partial charge in [-0.3, -0.25) is 14.4 Å². The van der Waals surface area contributed by atoms with Gasteiger partial charge in [-0.15, -0.1) is 13.2 Å². The molecular weight excluding hydrogens is 310 g/mol. The lowest BCUT2D eigenvalue weighted by molar-refractivity contribution is -0.157. The minimum absolute atomic E-state index is 0.0196. The first-order valence-corrected chi connectivity index (χ1v) is 8.06.